The van der Waals surface area contributed by atoms with E-state index >= 15 is 0 Å². The Hall–Kier alpha value is -3.66. The fourth-order valence-corrected chi connectivity index (χ4v) is 4.76. The number of pyridine rings is 1. The van der Waals surface area contributed by atoms with Crippen LogP contribution in [-0.2, 0) is 0 Å². The van der Waals surface area contributed by atoms with Crippen molar-refractivity contribution < 1.29 is 9.53 Å². The van der Waals surface area contributed by atoms with Crippen LogP contribution in [-0.4, -0.2) is 35.0 Å². The molecule has 0 aliphatic carbocycles. The van der Waals surface area contributed by atoms with Crippen molar-refractivity contribution in [1.29, 1.82) is 0 Å². The monoisotopic (exact) mass is 436 g/mol. The molecule has 0 saturated carbocycles. The zero-order chi connectivity index (χ0) is 22.5. The Balaban J connectivity index is 1.32. The van der Waals surface area contributed by atoms with Crippen molar-refractivity contribution in [3.05, 3.63) is 96.7 Å². The van der Waals surface area contributed by atoms with E-state index in [1.54, 1.807) is 6.20 Å². The van der Waals surface area contributed by atoms with E-state index in [9.17, 15) is 4.79 Å². The van der Waals surface area contributed by atoms with E-state index in [4.69, 9.17) is 4.74 Å². The largest absolute Gasteiger partial charge is 0.493 e. The SMILES string of the molecule is O=C(c1ccccc1-c1ccccn1)N1CCCCC1CCOc1cccc2ccccc12. The molecule has 1 aliphatic heterocycles. The number of nitrogens with zero attached hydrogens (tertiary/aromatic N) is 2. The maximum absolute atomic E-state index is 13.7. The minimum absolute atomic E-state index is 0.0890. The van der Waals surface area contributed by atoms with Crippen LogP contribution in [0, 0.1) is 0 Å². The highest BCUT2D eigenvalue weighted by Crippen LogP contribution is 2.29. The van der Waals surface area contributed by atoms with Crippen LogP contribution in [0.3, 0.4) is 0 Å². The standard InChI is InChI=1S/C29H28N2O2/c32-29(26-15-4-3-14-25(26)27-16-5-7-19-30-27)31-20-8-6-12-23(31)18-21-33-28-17-9-11-22-10-1-2-13-24(22)28/h1-5,7,9-11,13-17,19,23H,6,8,12,18,20-21H2. The third-order valence-electron chi connectivity index (χ3n) is 6.44. The fourth-order valence-electron chi connectivity index (χ4n) is 4.76. The average molecular weight is 437 g/mol. The van der Waals surface area contributed by atoms with Gasteiger partial charge in [-0.25, -0.2) is 0 Å². The Kier molecular flexibility index (Phi) is 6.34. The summed E-state index contributed by atoms with van der Waals surface area (Å²) in [6.45, 7) is 1.37. The normalized spacial score (nSPS) is 16.0. The molecule has 1 fully saturated rings. The highest BCUT2D eigenvalue weighted by atomic mass is 16.5. The van der Waals surface area contributed by atoms with E-state index in [0.717, 1.165) is 60.2 Å². The van der Waals surface area contributed by atoms with Gasteiger partial charge in [0.25, 0.3) is 5.91 Å². The molecule has 1 aromatic heterocycles. The zero-order valence-electron chi connectivity index (χ0n) is 18.7. The molecule has 0 radical (unpaired) electrons. The topological polar surface area (TPSA) is 42.4 Å². The van der Waals surface area contributed by atoms with Crippen molar-refractivity contribution >= 4 is 16.7 Å². The third kappa shape index (κ3) is 4.61. The second-order valence-electron chi connectivity index (χ2n) is 8.52. The van der Waals surface area contributed by atoms with Crippen molar-refractivity contribution in [3.63, 3.8) is 0 Å². The van der Waals surface area contributed by atoms with Crippen LogP contribution in [0.2, 0.25) is 0 Å². The van der Waals surface area contributed by atoms with Gasteiger partial charge >= 0.3 is 0 Å². The highest BCUT2D eigenvalue weighted by Gasteiger charge is 2.29. The number of aromatic nitrogens is 1. The number of likely N-dealkylation sites (tertiary alicyclic amines) is 1. The van der Waals surface area contributed by atoms with Crippen LogP contribution < -0.4 is 4.74 Å². The smallest absolute Gasteiger partial charge is 0.254 e. The summed E-state index contributed by atoms with van der Waals surface area (Å²) in [5.74, 6) is 0.994. The molecule has 0 spiro atoms. The molecule has 0 N–H and O–H groups in total. The quantitative estimate of drug-likeness (QED) is 0.353. The lowest BCUT2D eigenvalue weighted by atomic mass is 9.96. The Morgan fingerprint density at radius 3 is 2.64 bits per heavy atom. The van der Waals surface area contributed by atoms with Crippen molar-refractivity contribution in [2.45, 2.75) is 31.7 Å². The predicted molar refractivity (Wildman–Crippen MR) is 132 cm³/mol. The van der Waals surface area contributed by atoms with Gasteiger partial charge in [0, 0.05) is 41.7 Å². The van der Waals surface area contributed by atoms with Crippen LogP contribution in [0.5, 0.6) is 5.75 Å². The summed E-state index contributed by atoms with van der Waals surface area (Å²) in [4.78, 5) is 20.2. The van der Waals surface area contributed by atoms with E-state index in [2.05, 4.69) is 28.1 Å². The summed E-state index contributed by atoms with van der Waals surface area (Å²) in [6.07, 6.45) is 5.78. The molecule has 1 saturated heterocycles. The molecule has 1 aliphatic rings. The number of carbonyl (C=O) groups is 1. The van der Waals surface area contributed by atoms with Crippen LogP contribution >= 0.6 is 0 Å². The Morgan fingerprint density at radius 2 is 1.73 bits per heavy atom. The number of ether oxygens (including phenoxy) is 1. The van der Waals surface area contributed by atoms with Crippen molar-refractivity contribution in [3.8, 4) is 17.0 Å². The first-order valence-electron chi connectivity index (χ1n) is 11.7. The molecule has 166 valence electrons. The molecule has 4 nitrogen and oxygen atoms in total. The fraction of sp³-hybridized carbons (Fsp3) is 0.241. The predicted octanol–water partition coefficient (Wildman–Crippen LogP) is 6.37. The van der Waals surface area contributed by atoms with Gasteiger partial charge in [-0.1, -0.05) is 60.7 Å². The van der Waals surface area contributed by atoms with E-state index in [1.165, 1.54) is 5.39 Å². The lowest BCUT2D eigenvalue weighted by Gasteiger charge is -2.36. The van der Waals surface area contributed by atoms with Gasteiger partial charge in [-0.05, 0) is 48.9 Å². The van der Waals surface area contributed by atoms with E-state index in [1.807, 2.05) is 66.7 Å². The van der Waals surface area contributed by atoms with Gasteiger partial charge in [0.2, 0.25) is 0 Å². The number of piperidine rings is 1. The number of hydrogen-bond acceptors (Lipinski definition) is 3. The molecule has 0 bridgehead atoms. The number of carbonyl (C=O) groups excluding carboxylic acids is 1. The molecule has 4 aromatic rings. The molecule has 5 rings (SSSR count). The summed E-state index contributed by atoms with van der Waals surface area (Å²) in [5.41, 5.74) is 2.44. The van der Waals surface area contributed by atoms with E-state index in [-0.39, 0.29) is 11.9 Å². The number of amides is 1. The Labute approximate surface area is 194 Å². The molecular weight excluding hydrogens is 408 g/mol. The molecule has 1 unspecified atom stereocenters. The summed E-state index contributed by atoms with van der Waals surface area (Å²) in [6, 6.07) is 28.2. The summed E-state index contributed by atoms with van der Waals surface area (Å²) < 4.78 is 6.20. The van der Waals surface area contributed by atoms with Crippen LogP contribution in [0.15, 0.2) is 91.1 Å². The number of benzene rings is 3. The van der Waals surface area contributed by atoms with Crippen molar-refractivity contribution in [2.75, 3.05) is 13.2 Å². The maximum Gasteiger partial charge on any atom is 0.254 e. The first-order chi connectivity index (χ1) is 16.3. The lowest BCUT2D eigenvalue weighted by Crippen LogP contribution is -2.44. The molecular formula is C29H28N2O2. The van der Waals surface area contributed by atoms with Gasteiger partial charge in [0.15, 0.2) is 0 Å². The first kappa shape index (κ1) is 21.2. The van der Waals surface area contributed by atoms with Gasteiger partial charge in [-0.3, -0.25) is 9.78 Å². The lowest BCUT2D eigenvalue weighted by molar-refractivity contribution is 0.0581. The first-order valence-corrected chi connectivity index (χ1v) is 11.7. The van der Waals surface area contributed by atoms with E-state index in [0.29, 0.717) is 6.61 Å². The molecule has 3 aromatic carbocycles. The van der Waals surface area contributed by atoms with Crippen molar-refractivity contribution in [1.82, 2.24) is 9.88 Å². The Bertz CT molecular complexity index is 1230. The summed E-state index contributed by atoms with van der Waals surface area (Å²) in [5, 5.41) is 2.30. The van der Waals surface area contributed by atoms with Crippen LogP contribution in [0.25, 0.3) is 22.0 Å². The van der Waals surface area contributed by atoms with Crippen LogP contribution in [0.4, 0.5) is 0 Å². The Morgan fingerprint density at radius 1 is 0.909 bits per heavy atom. The highest BCUT2D eigenvalue weighted by molar-refractivity contribution is 6.00. The maximum atomic E-state index is 13.7. The van der Waals surface area contributed by atoms with Gasteiger partial charge in [0.05, 0.1) is 12.3 Å². The van der Waals surface area contributed by atoms with E-state index < -0.39 is 0 Å². The van der Waals surface area contributed by atoms with Gasteiger partial charge in [-0.2, -0.15) is 0 Å². The zero-order valence-corrected chi connectivity index (χ0v) is 18.7. The van der Waals surface area contributed by atoms with Crippen LogP contribution in [0.1, 0.15) is 36.0 Å². The minimum atomic E-state index is 0.0890. The minimum Gasteiger partial charge on any atom is -0.493 e. The molecule has 2 heterocycles. The number of hydrogen-bond donors (Lipinski definition) is 0. The summed E-state index contributed by atoms with van der Waals surface area (Å²) >= 11 is 0. The molecule has 4 heteroatoms. The second kappa shape index (κ2) is 9.86. The van der Waals surface area contributed by atoms with Gasteiger partial charge < -0.3 is 9.64 Å². The third-order valence-corrected chi connectivity index (χ3v) is 6.44. The van der Waals surface area contributed by atoms with Gasteiger partial charge in [-0.15, -0.1) is 0 Å². The molecule has 1 atom stereocenters. The average Bonchev–Trinajstić information content (AvgIpc) is 2.89. The second-order valence-corrected chi connectivity index (χ2v) is 8.52. The summed E-state index contributed by atoms with van der Waals surface area (Å²) in [7, 11) is 0. The molecule has 33 heavy (non-hydrogen) atoms. The number of rotatable bonds is 6. The number of fused-ring (bicyclic) bond motifs is 1. The van der Waals surface area contributed by atoms with Crippen molar-refractivity contribution in [2.24, 2.45) is 0 Å². The molecule has 1 amide bonds. The van der Waals surface area contributed by atoms with Gasteiger partial charge in [0.1, 0.15) is 5.75 Å².